The third kappa shape index (κ3) is 4.10. The van der Waals surface area contributed by atoms with Crippen LogP contribution in [-0.4, -0.2) is 51.4 Å². The molecule has 5 nitrogen and oxygen atoms in total. The monoisotopic (exact) mass is 383 g/mol. The van der Waals surface area contributed by atoms with Crippen LogP contribution in [0.5, 0.6) is 0 Å². The Hall–Kier alpha value is -2.09. The maximum atomic E-state index is 12.4. The highest BCUT2D eigenvalue weighted by molar-refractivity contribution is 5.98. The van der Waals surface area contributed by atoms with E-state index in [2.05, 4.69) is 12.0 Å². The number of likely N-dealkylation sites (tertiary alicyclic amines) is 1. The maximum Gasteiger partial charge on any atom is 0.390 e. The van der Waals surface area contributed by atoms with Crippen LogP contribution in [0.4, 0.5) is 13.2 Å². The largest absolute Gasteiger partial charge is 0.478 e. The van der Waals surface area contributed by atoms with Crippen molar-refractivity contribution >= 4 is 11.5 Å². The first kappa shape index (κ1) is 19.7. The van der Waals surface area contributed by atoms with E-state index in [0.717, 1.165) is 18.5 Å². The quantitative estimate of drug-likeness (QED) is 0.844. The summed E-state index contributed by atoms with van der Waals surface area (Å²) in [4.78, 5) is 13.6. The van der Waals surface area contributed by atoms with Crippen molar-refractivity contribution in [2.45, 2.75) is 45.2 Å². The van der Waals surface area contributed by atoms with Crippen LogP contribution >= 0.6 is 0 Å². The molecule has 0 aliphatic carbocycles. The number of halogens is 3. The van der Waals surface area contributed by atoms with Crippen molar-refractivity contribution in [3.05, 3.63) is 35.2 Å². The minimum absolute atomic E-state index is 0.0441. The van der Waals surface area contributed by atoms with Gasteiger partial charge in [0.05, 0.1) is 17.5 Å². The molecular formula is C19H24F3N3O2. The zero-order chi connectivity index (χ0) is 19.8. The van der Waals surface area contributed by atoms with Gasteiger partial charge in [-0.25, -0.2) is 9.31 Å². The van der Waals surface area contributed by atoms with Crippen molar-refractivity contribution < 1.29 is 23.1 Å². The maximum absolute atomic E-state index is 12.4. The summed E-state index contributed by atoms with van der Waals surface area (Å²) in [6.07, 6.45) is -1.68. The fourth-order valence-electron chi connectivity index (χ4n) is 4.22. The van der Waals surface area contributed by atoms with Crippen molar-refractivity contribution in [1.29, 1.82) is 0 Å². The first-order chi connectivity index (χ1) is 12.7. The predicted octanol–water partition coefficient (Wildman–Crippen LogP) is 4.11. The first-order valence-corrected chi connectivity index (χ1v) is 9.17. The van der Waals surface area contributed by atoms with Crippen LogP contribution in [0.2, 0.25) is 0 Å². The summed E-state index contributed by atoms with van der Waals surface area (Å²) in [5, 5.41) is 13.9. The molecule has 1 N–H and O–H groups in total. The van der Waals surface area contributed by atoms with E-state index in [1.807, 2.05) is 11.8 Å². The number of carbonyl (C=O) groups is 1. The van der Waals surface area contributed by atoms with Gasteiger partial charge in [0, 0.05) is 24.4 Å². The number of fused-ring (bicyclic) bond motifs is 1. The average molecular weight is 383 g/mol. The standard InChI is InChI=1S/C19H24F3N3O2/c1-12(14-5-9-24(10-6-14)11-7-19(20,21)22)17-13(2)16(18(26)27)15-4-3-8-23-25(15)17/h3-4,8,12,14H,5-7,9-11H2,1-2H3,(H,26,27). The summed E-state index contributed by atoms with van der Waals surface area (Å²) in [6, 6.07) is 3.47. The molecule has 2 aromatic heterocycles. The fourth-order valence-corrected chi connectivity index (χ4v) is 4.22. The number of carboxylic acids is 1. The molecule has 1 aliphatic rings. The second kappa shape index (κ2) is 7.50. The number of aromatic carboxylic acids is 1. The second-order valence-corrected chi connectivity index (χ2v) is 7.34. The number of hydrogen-bond donors (Lipinski definition) is 1. The molecule has 0 bridgehead atoms. The molecule has 0 radical (unpaired) electrons. The number of rotatable bonds is 5. The Balaban J connectivity index is 1.77. The van der Waals surface area contributed by atoms with E-state index >= 15 is 0 Å². The Morgan fingerprint density at radius 3 is 2.63 bits per heavy atom. The summed E-state index contributed by atoms with van der Waals surface area (Å²) in [7, 11) is 0. The van der Waals surface area contributed by atoms with E-state index in [0.29, 0.717) is 24.2 Å². The molecule has 1 fully saturated rings. The van der Waals surface area contributed by atoms with Gasteiger partial charge in [0.1, 0.15) is 0 Å². The van der Waals surface area contributed by atoms with Gasteiger partial charge in [-0.3, -0.25) is 0 Å². The molecule has 148 valence electrons. The molecule has 0 amide bonds. The van der Waals surface area contributed by atoms with Crippen LogP contribution in [-0.2, 0) is 0 Å². The van der Waals surface area contributed by atoms with Crippen molar-refractivity contribution in [2.75, 3.05) is 19.6 Å². The van der Waals surface area contributed by atoms with Crippen molar-refractivity contribution in [3.63, 3.8) is 0 Å². The molecule has 0 aromatic carbocycles. The van der Waals surface area contributed by atoms with E-state index in [-0.39, 0.29) is 23.9 Å². The molecular weight excluding hydrogens is 359 g/mol. The Morgan fingerprint density at radius 1 is 1.37 bits per heavy atom. The molecule has 3 heterocycles. The van der Waals surface area contributed by atoms with Gasteiger partial charge in [-0.1, -0.05) is 6.92 Å². The highest BCUT2D eigenvalue weighted by Gasteiger charge is 2.32. The molecule has 3 rings (SSSR count). The van der Waals surface area contributed by atoms with Crippen molar-refractivity contribution in [2.24, 2.45) is 5.92 Å². The van der Waals surface area contributed by atoms with Crippen LogP contribution in [0.3, 0.4) is 0 Å². The molecule has 1 aliphatic heterocycles. The zero-order valence-corrected chi connectivity index (χ0v) is 15.5. The van der Waals surface area contributed by atoms with Gasteiger partial charge in [-0.2, -0.15) is 18.3 Å². The third-order valence-electron chi connectivity index (χ3n) is 5.69. The van der Waals surface area contributed by atoms with E-state index < -0.39 is 18.6 Å². The molecule has 8 heteroatoms. The number of alkyl halides is 3. The van der Waals surface area contributed by atoms with Gasteiger partial charge in [0.15, 0.2) is 0 Å². The first-order valence-electron chi connectivity index (χ1n) is 9.17. The minimum Gasteiger partial charge on any atom is -0.478 e. The van der Waals surface area contributed by atoms with Gasteiger partial charge < -0.3 is 10.0 Å². The fraction of sp³-hybridized carbons (Fsp3) is 0.579. The lowest BCUT2D eigenvalue weighted by Gasteiger charge is -2.35. The highest BCUT2D eigenvalue weighted by atomic mass is 19.4. The second-order valence-electron chi connectivity index (χ2n) is 7.34. The third-order valence-corrected chi connectivity index (χ3v) is 5.69. The van der Waals surface area contributed by atoms with Gasteiger partial charge >= 0.3 is 12.1 Å². The van der Waals surface area contributed by atoms with E-state index in [9.17, 15) is 23.1 Å². The molecule has 0 spiro atoms. The number of piperidine rings is 1. The van der Waals surface area contributed by atoms with Gasteiger partial charge in [0.2, 0.25) is 0 Å². The van der Waals surface area contributed by atoms with Crippen molar-refractivity contribution in [3.8, 4) is 0 Å². The molecule has 1 unspecified atom stereocenters. The van der Waals surface area contributed by atoms with Gasteiger partial charge in [0.25, 0.3) is 0 Å². The summed E-state index contributed by atoms with van der Waals surface area (Å²) < 4.78 is 38.9. The molecule has 2 aromatic rings. The lowest BCUT2D eigenvalue weighted by atomic mass is 9.82. The Bertz CT molecular complexity index is 823. The molecule has 1 atom stereocenters. The lowest BCUT2D eigenvalue weighted by Crippen LogP contribution is -2.37. The number of carboxylic acid groups (broad SMARTS) is 1. The number of nitrogens with zero attached hydrogens (tertiary/aromatic N) is 3. The predicted molar refractivity (Wildman–Crippen MR) is 95.1 cm³/mol. The smallest absolute Gasteiger partial charge is 0.390 e. The highest BCUT2D eigenvalue weighted by Crippen LogP contribution is 2.37. The summed E-state index contributed by atoms with van der Waals surface area (Å²) in [6.45, 7) is 5.18. The SMILES string of the molecule is Cc1c(C(=O)O)c2cccnn2c1C(C)C1CCN(CCC(F)(F)F)CC1. The van der Waals surface area contributed by atoms with Crippen LogP contribution in [0.1, 0.15) is 53.7 Å². The Morgan fingerprint density at radius 2 is 2.04 bits per heavy atom. The molecule has 27 heavy (non-hydrogen) atoms. The van der Waals surface area contributed by atoms with E-state index in [4.69, 9.17) is 0 Å². The van der Waals surface area contributed by atoms with Crippen molar-refractivity contribution in [1.82, 2.24) is 14.5 Å². The number of aromatic nitrogens is 2. The summed E-state index contributed by atoms with van der Waals surface area (Å²) in [5.41, 5.74) is 2.45. The Kier molecular flexibility index (Phi) is 5.46. The van der Waals surface area contributed by atoms with Crippen LogP contribution in [0, 0.1) is 12.8 Å². The average Bonchev–Trinajstić information content (AvgIpc) is 2.91. The van der Waals surface area contributed by atoms with E-state index in [1.54, 1.807) is 22.8 Å². The van der Waals surface area contributed by atoms with E-state index in [1.165, 1.54) is 0 Å². The lowest BCUT2D eigenvalue weighted by molar-refractivity contribution is -0.138. The van der Waals surface area contributed by atoms with Crippen LogP contribution < -0.4 is 0 Å². The van der Waals surface area contributed by atoms with Gasteiger partial charge in [-0.15, -0.1) is 0 Å². The zero-order valence-electron chi connectivity index (χ0n) is 15.5. The van der Waals surface area contributed by atoms with Crippen LogP contribution in [0.15, 0.2) is 18.3 Å². The summed E-state index contributed by atoms with van der Waals surface area (Å²) >= 11 is 0. The minimum atomic E-state index is -4.12. The summed E-state index contributed by atoms with van der Waals surface area (Å²) in [5.74, 6) is -0.615. The van der Waals surface area contributed by atoms with Crippen LogP contribution in [0.25, 0.3) is 5.52 Å². The normalized spacial score (nSPS) is 18.1. The van der Waals surface area contributed by atoms with Gasteiger partial charge in [-0.05, 0) is 56.5 Å². The topological polar surface area (TPSA) is 57.8 Å². The molecule has 0 saturated carbocycles. The molecule has 1 saturated heterocycles. The Labute approximate surface area is 155 Å². The number of hydrogen-bond acceptors (Lipinski definition) is 3.